The predicted octanol–water partition coefficient (Wildman–Crippen LogP) is 4.67. The van der Waals surface area contributed by atoms with Crippen molar-refractivity contribution in [3.63, 3.8) is 0 Å². The molecular weight excluding hydrogens is 350 g/mol. The average Bonchev–Trinajstić information content (AvgIpc) is 3.30. The van der Waals surface area contributed by atoms with Gasteiger partial charge in [0.15, 0.2) is 5.70 Å². The van der Waals surface area contributed by atoms with E-state index >= 15 is 0 Å². The Kier molecular flexibility index (Phi) is 6.07. The lowest BCUT2D eigenvalue weighted by atomic mass is 10.1. The molecule has 1 aromatic heterocycles. The van der Waals surface area contributed by atoms with Crippen LogP contribution in [0.5, 0.6) is 11.5 Å². The van der Waals surface area contributed by atoms with Crippen molar-refractivity contribution in [2.75, 3.05) is 13.2 Å². The molecule has 0 saturated heterocycles. The van der Waals surface area contributed by atoms with Gasteiger partial charge in [0, 0.05) is 11.6 Å². The Bertz CT molecular complexity index is 824. The summed E-state index contributed by atoms with van der Waals surface area (Å²) < 4.78 is 16.8. The molecule has 0 spiro atoms. The van der Waals surface area contributed by atoms with Crippen molar-refractivity contribution in [1.82, 2.24) is 0 Å². The van der Waals surface area contributed by atoms with Gasteiger partial charge in [0.05, 0.1) is 18.1 Å². The molecule has 26 heavy (non-hydrogen) atoms. The molecule has 2 heterocycles. The first-order valence-corrected chi connectivity index (χ1v) is 9.55. The van der Waals surface area contributed by atoms with Crippen LogP contribution >= 0.6 is 11.3 Å². The third kappa shape index (κ3) is 4.32. The fourth-order valence-corrected chi connectivity index (χ4v) is 2.99. The van der Waals surface area contributed by atoms with E-state index in [4.69, 9.17) is 14.2 Å². The molecule has 0 amide bonds. The van der Waals surface area contributed by atoms with Crippen LogP contribution in [0.3, 0.4) is 0 Å². The highest BCUT2D eigenvalue weighted by molar-refractivity contribution is 7.12. The zero-order chi connectivity index (χ0) is 18.4. The summed E-state index contributed by atoms with van der Waals surface area (Å²) in [6.45, 7) is 5.33. The van der Waals surface area contributed by atoms with Crippen molar-refractivity contribution in [2.45, 2.75) is 26.7 Å². The zero-order valence-electron chi connectivity index (χ0n) is 14.9. The predicted molar refractivity (Wildman–Crippen MR) is 103 cm³/mol. The van der Waals surface area contributed by atoms with E-state index in [1.165, 1.54) is 11.3 Å². The first-order valence-electron chi connectivity index (χ1n) is 8.67. The highest BCUT2D eigenvalue weighted by atomic mass is 32.1. The molecule has 136 valence electrons. The van der Waals surface area contributed by atoms with Crippen LogP contribution in [0, 0.1) is 0 Å². The van der Waals surface area contributed by atoms with E-state index in [0.29, 0.717) is 24.9 Å². The molecule has 0 fully saturated rings. The van der Waals surface area contributed by atoms with Gasteiger partial charge in [-0.1, -0.05) is 19.9 Å². The minimum Gasteiger partial charge on any atom is -0.493 e. The van der Waals surface area contributed by atoms with E-state index in [2.05, 4.69) is 11.9 Å². The molecule has 0 bridgehead atoms. The van der Waals surface area contributed by atoms with E-state index in [-0.39, 0.29) is 5.70 Å². The fourth-order valence-electron chi connectivity index (χ4n) is 2.34. The van der Waals surface area contributed by atoms with Gasteiger partial charge >= 0.3 is 5.97 Å². The summed E-state index contributed by atoms with van der Waals surface area (Å²) in [6, 6.07) is 9.35. The smallest absolute Gasteiger partial charge is 0.363 e. The van der Waals surface area contributed by atoms with Crippen LogP contribution in [0.15, 0.2) is 46.4 Å². The maximum Gasteiger partial charge on any atom is 0.363 e. The highest BCUT2D eigenvalue weighted by Crippen LogP contribution is 2.29. The molecule has 0 atom stereocenters. The largest absolute Gasteiger partial charge is 0.493 e. The lowest BCUT2D eigenvalue weighted by molar-refractivity contribution is -0.129. The number of thiophene rings is 1. The number of cyclic esters (lactones) is 1. The van der Waals surface area contributed by atoms with E-state index in [1.807, 2.05) is 42.6 Å². The Morgan fingerprint density at radius 2 is 1.96 bits per heavy atom. The normalized spacial score (nSPS) is 15.1. The van der Waals surface area contributed by atoms with E-state index < -0.39 is 5.97 Å². The summed E-state index contributed by atoms with van der Waals surface area (Å²) in [4.78, 5) is 17.3. The number of hydrogen-bond donors (Lipinski definition) is 0. The second-order valence-electron chi connectivity index (χ2n) is 5.71. The van der Waals surface area contributed by atoms with Gasteiger partial charge < -0.3 is 14.2 Å². The molecule has 2 aromatic rings. The molecular formula is C20H21NO4S. The van der Waals surface area contributed by atoms with Crippen LogP contribution in [-0.4, -0.2) is 25.1 Å². The molecule has 1 aliphatic heterocycles. The summed E-state index contributed by atoms with van der Waals surface area (Å²) >= 11 is 1.48. The SMILES string of the molecule is CCCOc1ccc(/C=C2/N=C(c3cccs3)OC2=O)c(OCCC)c1. The molecule has 0 aliphatic carbocycles. The topological polar surface area (TPSA) is 57.1 Å². The van der Waals surface area contributed by atoms with Crippen LogP contribution in [0.2, 0.25) is 0 Å². The molecule has 5 nitrogen and oxygen atoms in total. The van der Waals surface area contributed by atoms with Gasteiger partial charge in [-0.25, -0.2) is 9.79 Å². The number of rotatable bonds is 8. The van der Waals surface area contributed by atoms with Crippen molar-refractivity contribution in [2.24, 2.45) is 4.99 Å². The summed E-state index contributed by atoms with van der Waals surface area (Å²) in [5.74, 6) is 1.30. The van der Waals surface area contributed by atoms with Crippen LogP contribution in [0.25, 0.3) is 6.08 Å². The van der Waals surface area contributed by atoms with Crippen molar-refractivity contribution < 1.29 is 19.0 Å². The monoisotopic (exact) mass is 371 g/mol. The quantitative estimate of drug-likeness (QED) is 0.500. The number of carbonyl (C=O) groups is 1. The number of nitrogens with zero attached hydrogens (tertiary/aromatic N) is 1. The molecule has 0 unspecified atom stereocenters. The van der Waals surface area contributed by atoms with E-state index in [9.17, 15) is 4.79 Å². The van der Waals surface area contributed by atoms with Crippen molar-refractivity contribution in [1.29, 1.82) is 0 Å². The number of hydrogen-bond acceptors (Lipinski definition) is 6. The molecule has 0 N–H and O–H groups in total. The summed E-state index contributed by atoms with van der Waals surface area (Å²) in [6.07, 6.45) is 3.51. The number of esters is 1. The Morgan fingerprint density at radius 3 is 2.69 bits per heavy atom. The fraction of sp³-hybridized carbons (Fsp3) is 0.300. The van der Waals surface area contributed by atoms with Gasteiger partial charge in [-0.05, 0) is 42.5 Å². The molecule has 1 aromatic carbocycles. The molecule has 3 rings (SSSR count). The standard InChI is InChI=1S/C20H21NO4S/c1-3-9-23-15-8-7-14(17(13-15)24-10-4-2)12-16-20(22)25-19(21-16)18-6-5-11-26-18/h5-8,11-13H,3-4,9-10H2,1-2H3/b16-12+. The van der Waals surface area contributed by atoms with Crippen LogP contribution in [0.1, 0.15) is 37.1 Å². The molecule has 6 heteroatoms. The average molecular weight is 371 g/mol. The third-order valence-electron chi connectivity index (χ3n) is 3.56. The molecule has 0 saturated carbocycles. The Hall–Kier alpha value is -2.60. The lowest BCUT2D eigenvalue weighted by Crippen LogP contribution is -2.03. The minimum atomic E-state index is -0.457. The Morgan fingerprint density at radius 1 is 1.15 bits per heavy atom. The van der Waals surface area contributed by atoms with Gasteiger partial charge in [0.2, 0.25) is 5.90 Å². The Balaban J connectivity index is 1.89. The van der Waals surface area contributed by atoms with Crippen LogP contribution in [-0.2, 0) is 9.53 Å². The van der Waals surface area contributed by atoms with Crippen molar-refractivity contribution in [3.8, 4) is 11.5 Å². The van der Waals surface area contributed by atoms with Crippen LogP contribution in [0.4, 0.5) is 0 Å². The minimum absolute atomic E-state index is 0.261. The van der Waals surface area contributed by atoms with Crippen molar-refractivity contribution in [3.05, 3.63) is 51.8 Å². The van der Waals surface area contributed by atoms with Crippen molar-refractivity contribution >= 4 is 29.3 Å². The second-order valence-corrected chi connectivity index (χ2v) is 6.66. The van der Waals surface area contributed by atoms with E-state index in [0.717, 1.165) is 29.0 Å². The summed E-state index contributed by atoms with van der Waals surface area (Å²) in [5.41, 5.74) is 1.03. The van der Waals surface area contributed by atoms with Gasteiger partial charge in [0.1, 0.15) is 11.5 Å². The number of carbonyl (C=O) groups excluding carboxylic acids is 1. The molecule has 0 radical (unpaired) electrons. The van der Waals surface area contributed by atoms with Gasteiger partial charge in [-0.15, -0.1) is 11.3 Å². The van der Waals surface area contributed by atoms with E-state index in [1.54, 1.807) is 6.08 Å². The summed E-state index contributed by atoms with van der Waals surface area (Å²) in [7, 11) is 0. The first-order chi connectivity index (χ1) is 12.7. The maximum atomic E-state index is 12.2. The highest BCUT2D eigenvalue weighted by Gasteiger charge is 2.25. The number of benzene rings is 1. The lowest BCUT2D eigenvalue weighted by Gasteiger charge is -2.11. The van der Waals surface area contributed by atoms with Crippen LogP contribution < -0.4 is 9.47 Å². The second kappa shape index (κ2) is 8.67. The Labute approximate surface area is 156 Å². The zero-order valence-corrected chi connectivity index (χ0v) is 15.7. The van der Waals surface area contributed by atoms with Gasteiger partial charge in [0.25, 0.3) is 0 Å². The first kappa shape index (κ1) is 18.2. The molecule has 1 aliphatic rings. The number of ether oxygens (including phenoxy) is 3. The number of aliphatic imine (C=N–C) groups is 1. The maximum absolute atomic E-state index is 12.2. The summed E-state index contributed by atoms with van der Waals surface area (Å²) in [5, 5.41) is 1.92. The van der Waals surface area contributed by atoms with Gasteiger partial charge in [-0.3, -0.25) is 0 Å². The van der Waals surface area contributed by atoms with Gasteiger partial charge in [-0.2, -0.15) is 0 Å². The third-order valence-corrected chi connectivity index (χ3v) is 4.42.